The summed E-state index contributed by atoms with van der Waals surface area (Å²) in [5.74, 6) is -6.26. The number of nitrogens with zero attached hydrogens (tertiary/aromatic N) is 3. The van der Waals surface area contributed by atoms with E-state index in [-0.39, 0.29) is 11.8 Å². The molecule has 1 unspecified atom stereocenters. The first-order chi connectivity index (χ1) is 8.41. The monoisotopic (exact) mass is 261 g/mol. The van der Waals surface area contributed by atoms with Crippen LogP contribution < -0.4 is 0 Å². The van der Waals surface area contributed by atoms with Crippen molar-refractivity contribution in [1.29, 1.82) is 0 Å². The van der Waals surface area contributed by atoms with Gasteiger partial charge in [-0.15, -0.1) is 5.10 Å². The molecule has 0 bridgehead atoms. The minimum absolute atomic E-state index is 0.0125. The van der Waals surface area contributed by atoms with E-state index in [2.05, 4.69) is 10.3 Å². The van der Waals surface area contributed by atoms with Crippen LogP contribution in [-0.4, -0.2) is 20.1 Å². The Labute approximate surface area is 98.5 Å². The summed E-state index contributed by atoms with van der Waals surface area (Å²) in [5.41, 5.74) is -1.01. The molecule has 2 rings (SSSR count). The summed E-state index contributed by atoms with van der Waals surface area (Å²) in [7, 11) is 0. The van der Waals surface area contributed by atoms with E-state index in [9.17, 15) is 22.7 Å². The fourth-order valence-electron chi connectivity index (χ4n) is 1.34. The Kier molecular flexibility index (Phi) is 3.04. The second kappa shape index (κ2) is 4.37. The average molecular weight is 261 g/mol. The highest BCUT2D eigenvalue weighted by Crippen LogP contribution is 2.23. The van der Waals surface area contributed by atoms with Crippen molar-refractivity contribution < 1.29 is 22.7 Å². The predicted molar refractivity (Wildman–Crippen MR) is 51.8 cm³/mol. The van der Waals surface area contributed by atoms with E-state index in [4.69, 9.17) is 0 Å². The lowest BCUT2D eigenvalue weighted by Gasteiger charge is -2.05. The Balaban J connectivity index is 2.62. The highest BCUT2D eigenvalue weighted by Gasteiger charge is 2.22. The Morgan fingerprint density at radius 2 is 1.72 bits per heavy atom. The molecule has 2 aromatic rings. The summed E-state index contributed by atoms with van der Waals surface area (Å²) in [6.07, 6.45) is -0.0475. The van der Waals surface area contributed by atoms with Gasteiger partial charge in [-0.25, -0.2) is 22.2 Å². The van der Waals surface area contributed by atoms with Crippen LogP contribution in [0.5, 0.6) is 0 Å². The molecule has 0 saturated carbocycles. The van der Waals surface area contributed by atoms with Crippen LogP contribution >= 0.6 is 0 Å². The smallest absolute Gasteiger partial charge is 0.187 e. The molecule has 1 heterocycles. The number of rotatable bonds is 2. The molecule has 0 amide bonds. The van der Waals surface area contributed by atoms with Gasteiger partial charge in [0.25, 0.3) is 0 Å². The summed E-state index contributed by atoms with van der Waals surface area (Å²) in [5, 5.41) is 15.9. The lowest BCUT2D eigenvalue weighted by atomic mass is 10.2. The first-order valence-corrected chi connectivity index (χ1v) is 4.85. The number of aliphatic hydroxyl groups excluding tert-OH is 1. The molecule has 0 fully saturated rings. The van der Waals surface area contributed by atoms with Crippen LogP contribution in [-0.2, 0) is 0 Å². The quantitative estimate of drug-likeness (QED) is 0.663. The molecule has 0 aliphatic heterocycles. The van der Waals surface area contributed by atoms with E-state index in [1.807, 2.05) is 0 Å². The molecule has 4 nitrogen and oxygen atoms in total. The van der Waals surface area contributed by atoms with Crippen LogP contribution in [0.2, 0.25) is 0 Å². The molecule has 1 atom stereocenters. The van der Waals surface area contributed by atoms with E-state index < -0.39 is 35.1 Å². The van der Waals surface area contributed by atoms with Crippen LogP contribution in [0.4, 0.5) is 17.6 Å². The first kappa shape index (κ1) is 12.5. The van der Waals surface area contributed by atoms with Gasteiger partial charge in [0.2, 0.25) is 0 Å². The molecule has 96 valence electrons. The third kappa shape index (κ3) is 1.94. The minimum atomic E-state index is -1.59. The summed E-state index contributed by atoms with van der Waals surface area (Å²) in [4.78, 5) is 0. The van der Waals surface area contributed by atoms with Crippen molar-refractivity contribution in [3.05, 3.63) is 41.2 Å². The summed E-state index contributed by atoms with van der Waals surface area (Å²) >= 11 is 0. The number of hydrogen-bond acceptors (Lipinski definition) is 3. The van der Waals surface area contributed by atoms with Gasteiger partial charge in [0.1, 0.15) is 11.4 Å². The van der Waals surface area contributed by atoms with E-state index >= 15 is 0 Å². The highest BCUT2D eigenvalue weighted by molar-refractivity contribution is 5.36. The molecule has 0 aliphatic carbocycles. The average Bonchev–Trinajstić information content (AvgIpc) is 2.76. The maximum Gasteiger partial charge on any atom is 0.187 e. The SMILES string of the molecule is CC(O)c1cn(-c2c(F)c(F)cc(F)c2F)nn1. The zero-order valence-electron chi connectivity index (χ0n) is 9.03. The van der Waals surface area contributed by atoms with Crippen molar-refractivity contribution in [2.24, 2.45) is 0 Å². The largest absolute Gasteiger partial charge is 0.387 e. The molecule has 1 aromatic heterocycles. The third-order valence-electron chi connectivity index (χ3n) is 2.26. The second-order valence-corrected chi connectivity index (χ2v) is 3.58. The van der Waals surface area contributed by atoms with Crippen LogP contribution in [0.1, 0.15) is 18.7 Å². The van der Waals surface area contributed by atoms with Crippen molar-refractivity contribution in [1.82, 2.24) is 15.0 Å². The molecule has 0 aliphatic rings. The number of hydrogen-bond donors (Lipinski definition) is 1. The van der Waals surface area contributed by atoms with Gasteiger partial charge in [0.15, 0.2) is 23.3 Å². The predicted octanol–water partition coefficient (Wildman–Crippen LogP) is 1.88. The Morgan fingerprint density at radius 3 is 2.17 bits per heavy atom. The van der Waals surface area contributed by atoms with Crippen LogP contribution in [0, 0.1) is 23.3 Å². The van der Waals surface area contributed by atoms with Gasteiger partial charge in [-0.1, -0.05) is 5.21 Å². The number of halogens is 4. The van der Waals surface area contributed by atoms with Crippen molar-refractivity contribution in [2.75, 3.05) is 0 Å². The summed E-state index contributed by atoms with van der Waals surface area (Å²) < 4.78 is 53.3. The molecule has 18 heavy (non-hydrogen) atoms. The summed E-state index contributed by atoms with van der Waals surface area (Å²) in [6.45, 7) is 1.35. The maximum absolute atomic E-state index is 13.4. The van der Waals surface area contributed by atoms with Crippen molar-refractivity contribution in [3.63, 3.8) is 0 Å². The Bertz CT molecular complexity index is 571. The number of benzene rings is 1. The summed E-state index contributed by atoms with van der Waals surface area (Å²) in [6, 6.07) is 0.0979. The Morgan fingerprint density at radius 1 is 1.17 bits per heavy atom. The van der Waals surface area contributed by atoms with Gasteiger partial charge >= 0.3 is 0 Å². The lowest BCUT2D eigenvalue weighted by Crippen LogP contribution is -2.07. The molecule has 1 aromatic carbocycles. The third-order valence-corrected chi connectivity index (χ3v) is 2.26. The molecular weight excluding hydrogens is 254 g/mol. The number of aliphatic hydroxyl groups is 1. The second-order valence-electron chi connectivity index (χ2n) is 3.58. The van der Waals surface area contributed by atoms with Crippen LogP contribution in [0.15, 0.2) is 12.3 Å². The maximum atomic E-state index is 13.4. The fraction of sp³-hybridized carbons (Fsp3) is 0.200. The lowest BCUT2D eigenvalue weighted by molar-refractivity contribution is 0.194. The van der Waals surface area contributed by atoms with Gasteiger partial charge in [-0.2, -0.15) is 0 Å². The molecule has 0 spiro atoms. The van der Waals surface area contributed by atoms with E-state index in [0.29, 0.717) is 4.68 Å². The van der Waals surface area contributed by atoms with E-state index in [1.54, 1.807) is 0 Å². The van der Waals surface area contributed by atoms with Gasteiger partial charge in [-0.05, 0) is 6.92 Å². The molecular formula is C10H7F4N3O. The van der Waals surface area contributed by atoms with Gasteiger partial charge in [0.05, 0.1) is 12.3 Å². The zero-order valence-corrected chi connectivity index (χ0v) is 9.03. The standard InChI is InChI=1S/C10H7F4N3O/c1-4(18)7-3-17(16-15-7)10-8(13)5(11)2-6(12)9(10)14/h2-4,18H,1H3. The molecule has 0 radical (unpaired) electrons. The van der Waals surface area contributed by atoms with Crippen molar-refractivity contribution in [3.8, 4) is 5.69 Å². The van der Waals surface area contributed by atoms with Crippen LogP contribution in [0.3, 0.4) is 0 Å². The normalized spacial score (nSPS) is 12.8. The van der Waals surface area contributed by atoms with Crippen molar-refractivity contribution >= 4 is 0 Å². The van der Waals surface area contributed by atoms with Gasteiger partial charge in [-0.3, -0.25) is 0 Å². The van der Waals surface area contributed by atoms with Gasteiger partial charge < -0.3 is 5.11 Å². The minimum Gasteiger partial charge on any atom is -0.387 e. The van der Waals surface area contributed by atoms with E-state index in [0.717, 1.165) is 6.20 Å². The zero-order chi connectivity index (χ0) is 13.4. The molecule has 1 N–H and O–H groups in total. The fourth-order valence-corrected chi connectivity index (χ4v) is 1.34. The van der Waals surface area contributed by atoms with Crippen molar-refractivity contribution in [2.45, 2.75) is 13.0 Å². The molecule has 0 saturated heterocycles. The first-order valence-electron chi connectivity index (χ1n) is 4.85. The number of aromatic nitrogens is 3. The highest BCUT2D eigenvalue weighted by atomic mass is 19.2. The van der Waals surface area contributed by atoms with Crippen LogP contribution in [0.25, 0.3) is 5.69 Å². The van der Waals surface area contributed by atoms with E-state index in [1.165, 1.54) is 6.92 Å². The van der Waals surface area contributed by atoms with Gasteiger partial charge in [0, 0.05) is 6.07 Å². The topological polar surface area (TPSA) is 50.9 Å². The Hall–Kier alpha value is -1.96. The molecule has 8 heteroatoms.